The molecule has 134 valence electrons. The first kappa shape index (κ1) is 16.7. The molecule has 3 aliphatic rings. The number of hydrogen-bond donors (Lipinski definition) is 0. The molecule has 2 bridgehead atoms. The van der Waals surface area contributed by atoms with Crippen molar-refractivity contribution in [2.24, 2.45) is 5.92 Å². The Morgan fingerprint density at radius 2 is 1.92 bits per heavy atom. The Kier molecular flexibility index (Phi) is 4.35. The van der Waals surface area contributed by atoms with E-state index >= 15 is 0 Å². The normalized spacial score (nSPS) is 25.2. The standard InChI is InChI=1S/C17H22N4O3S/c1-25(22,23)21-10-13-7-8-15(11-21)20(9-13)12-16-18-19-17(24-16)14-5-3-2-4-6-14/h2-6,13,15H,7-12H2,1H3/t13-,15-/m0/s1. The van der Waals surface area contributed by atoms with Crippen LogP contribution in [0, 0.1) is 5.92 Å². The number of piperidine rings is 1. The van der Waals surface area contributed by atoms with Crippen LogP contribution < -0.4 is 0 Å². The lowest BCUT2D eigenvalue weighted by Crippen LogP contribution is -2.43. The van der Waals surface area contributed by atoms with Crippen LogP contribution in [0.4, 0.5) is 0 Å². The van der Waals surface area contributed by atoms with Crippen molar-refractivity contribution in [1.82, 2.24) is 19.4 Å². The van der Waals surface area contributed by atoms with E-state index in [-0.39, 0.29) is 6.04 Å². The molecule has 8 heteroatoms. The van der Waals surface area contributed by atoms with Crippen molar-refractivity contribution in [3.63, 3.8) is 0 Å². The predicted molar refractivity (Wildman–Crippen MR) is 93.1 cm³/mol. The lowest BCUT2D eigenvalue weighted by atomic mass is 9.95. The number of fused-ring (bicyclic) bond motifs is 4. The van der Waals surface area contributed by atoms with Crippen LogP contribution >= 0.6 is 0 Å². The lowest BCUT2D eigenvalue weighted by molar-refractivity contribution is 0.114. The summed E-state index contributed by atoms with van der Waals surface area (Å²) >= 11 is 0. The Labute approximate surface area is 147 Å². The van der Waals surface area contributed by atoms with Gasteiger partial charge >= 0.3 is 0 Å². The van der Waals surface area contributed by atoms with E-state index in [9.17, 15) is 8.42 Å². The maximum atomic E-state index is 11.9. The minimum absolute atomic E-state index is 0.209. The summed E-state index contributed by atoms with van der Waals surface area (Å²) in [6, 6.07) is 9.91. The highest BCUT2D eigenvalue weighted by Crippen LogP contribution is 2.30. The van der Waals surface area contributed by atoms with Crippen LogP contribution in [0.1, 0.15) is 18.7 Å². The summed E-state index contributed by atoms with van der Waals surface area (Å²) in [6.07, 6.45) is 3.38. The molecule has 2 aromatic rings. The van der Waals surface area contributed by atoms with Crippen LogP contribution in [-0.2, 0) is 16.6 Å². The number of hydrogen-bond acceptors (Lipinski definition) is 6. The van der Waals surface area contributed by atoms with Crippen molar-refractivity contribution in [3.8, 4) is 11.5 Å². The number of sulfonamides is 1. The highest BCUT2D eigenvalue weighted by molar-refractivity contribution is 7.88. The minimum atomic E-state index is -3.15. The molecule has 5 rings (SSSR count). The fraction of sp³-hybridized carbons (Fsp3) is 0.529. The molecule has 0 unspecified atom stereocenters. The van der Waals surface area contributed by atoms with Gasteiger partial charge in [-0.3, -0.25) is 4.90 Å². The highest BCUT2D eigenvalue weighted by Gasteiger charge is 2.38. The number of nitrogens with zero attached hydrogens (tertiary/aromatic N) is 4. The van der Waals surface area contributed by atoms with Crippen LogP contribution in [0.5, 0.6) is 0 Å². The molecule has 1 aromatic heterocycles. The zero-order chi connectivity index (χ0) is 17.4. The Balaban J connectivity index is 1.49. The van der Waals surface area contributed by atoms with Crippen molar-refractivity contribution in [1.29, 1.82) is 0 Å². The van der Waals surface area contributed by atoms with Gasteiger partial charge in [0.1, 0.15) is 0 Å². The van der Waals surface area contributed by atoms with Crippen molar-refractivity contribution < 1.29 is 12.8 Å². The summed E-state index contributed by atoms with van der Waals surface area (Å²) in [6.45, 7) is 2.61. The third kappa shape index (κ3) is 3.61. The molecule has 0 radical (unpaired) electrons. The molecular formula is C17H22N4O3S. The highest BCUT2D eigenvalue weighted by atomic mass is 32.2. The van der Waals surface area contributed by atoms with Gasteiger partial charge in [0.15, 0.2) is 0 Å². The predicted octanol–water partition coefficient (Wildman–Crippen LogP) is 1.59. The Hall–Kier alpha value is -1.77. The second kappa shape index (κ2) is 6.51. The van der Waals surface area contributed by atoms with Crippen molar-refractivity contribution >= 4 is 10.0 Å². The summed E-state index contributed by atoms with van der Waals surface area (Å²) in [5.74, 6) is 1.47. The molecule has 3 saturated heterocycles. The van der Waals surface area contributed by atoms with Crippen molar-refractivity contribution in [2.75, 3.05) is 25.9 Å². The molecule has 7 nitrogen and oxygen atoms in total. The van der Waals surface area contributed by atoms with Gasteiger partial charge in [-0.15, -0.1) is 10.2 Å². The monoisotopic (exact) mass is 362 g/mol. The van der Waals surface area contributed by atoms with Gasteiger partial charge < -0.3 is 4.42 Å². The first-order valence-electron chi connectivity index (χ1n) is 8.56. The molecule has 3 fully saturated rings. The molecule has 1 aromatic carbocycles. The lowest BCUT2D eigenvalue weighted by Gasteiger charge is -2.34. The average molecular weight is 362 g/mol. The second-order valence-electron chi connectivity index (χ2n) is 6.97. The van der Waals surface area contributed by atoms with Crippen LogP contribution in [0.25, 0.3) is 11.5 Å². The van der Waals surface area contributed by atoms with Gasteiger partial charge in [-0.25, -0.2) is 12.7 Å². The first-order chi connectivity index (χ1) is 12.0. The van der Waals surface area contributed by atoms with Crippen LogP contribution in [0.3, 0.4) is 0 Å². The Morgan fingerprint density at radius 3 is 2.68 bits per heavy atom. The fourth-order valence-electron chi connectivity index (χ4n) is 3.79. The SMILES string of the molecule is CS(=O)(=O)N1C[C@H]2CC[C@@H](C1)N(Cc1nnc(-c3ccccc3)o1)C2. The van der Waals surface area contributed by atoms with E-state index in [0.29, 0.717) is 37.3 Å². The fourth-order valence-corrected chi connectivity index (χ4v) is 4.71. The molecule has 0 saturated carbocycles. The average Bonchev–Trinajstić information content (AvgIpc) is 2.84. The van der Waals surface area contributed by atoms with E-state index in [4.69, 9.17) is 4.42 Å². The number of aromatic nitrogens is 2. The molecule has 2 atom stereocenters. The topological polar surface area (TPSA) is 79.5 Å². The Morgan fingerprint density at radius 1 is 1.12 bits per heavy atom. The van der Waals surface area contributed by atoms with E-state index in [1.54, 1.807) is 4.31 Å². The van der Waals surface area contributed by atoms with Crippen LogP contribution in [0.15, 0.2) is 34.7 Å². The van der Waals surface area contributed by atoms with Crippen LogP contribution in [0.2, 0.25) is 0 Å². The number of rotatable bonds is 4. The van der Waals surface area contributed by atoms with Crippen LogP contribution in [-0.4, -0.2) is 59.8 Å². The van der Waals surface area contributed by atoms with E-state index in [1.807, 2.05) is 30.3 Å². The molecule has 0 spiro atoms. The maximum absolute atomic E-state index is 11.9. The molecule has 3 aliphatic heterocycles. The summed E-state index contributed by atoms with van der Waals surface area (Å²) in [5, 5.41) is 8.32. The van der Waals surface area contributed by atoms with E-state index in [2.05, 4.69) is 15.1 Å². The first-order valence-corrected chi connectivity index (χ1v) is 10.4. The molecule has 4 heterocycles. The van der Waals surface area contributed by atoms with Gasteiger partial charge in [0.25, 0.3) is 0 Å². The minimum Gasteiger partial charge on any atom is -0.419 e. The maximum Gasteiger partial charge on any atom is 0.247 e. The summed E-state index contributed by atoms with van der Waals surface area (Å²) in [4.78, 5) is 2.29. The van der Waals surface area contributed by atoms with E-state index in [1.165, 1.54) is 6.26 Å². The molecule has 0 aliphatic carbocycles. The van der Waals surface area contributed by atoms with Gasteiger partial charge in [0.05, 0.1) is 12.8 Å². The summed E-state index contributed by atoms with van der Waals surface area (Å²) in [5.41, 5.74) is 0.905. The quantitative estimate of drug-likeness (QED) is 0.822. The second-order valence-corrected chi connectivity index (χ2v) is 8.96. The van der Waals surface area contributed by atoms with Gasteiger partial charge in [-0.2, -0.15) is 0 Å². The molecule has 25 heavy (non-hydrogen) atoms. The third-order valence-electron chi connectivity index (χ3n) is 5.09. The zero-order valence-corrected chi connectivity index (χ0v) is 15.0. The van der Waals surface area contributed by atoms with Crippen molar-refractivity contribution in [2.45, 2.75) is 25.4 Å². The summed E-state index contributed by atoms with van der Waals surface area (Å²) in [7, 11) is -3.15. The van der Waals surface area contributed by atoms with E-state index in [0.717, 1.165) is 24.9 Å². The van der Waals surface area contributed by atoms with Gasteiger partial charge in [0, 0.05) is 31.2 Å². The molecule has 0 amide bonds. The third-order valence-corrected chi connectivity index (χ3v) is 6.32. The zero-order valence-electron chi connectivity index (χ0n) is 14.2. The van der Waals surface area contributed by atoms with E-state index < -0.39 is 10.0 Å². The smallest absolute Gasteiger partial charge is 0.247 e. The van der Waals surface area contributed by atoms with Gasteiger partial charge in [-0.05, 0) is 30.9 Å². The van der Waals surface area contributed by atoms with Crippen molar-refractivity contribution in [3.05, 3.63) is 36.2 Å². The Bertz CT molecular complexity index is 837. The van der Waals surface area contributed by atoms with Gasteiger partial charge in [0.2, 0.25) is 21.8 Å². The number of benzene rings is 1. The molecular weight excluding hydrogens is 340 g/mol. The molecule has 0 N–H and O–H groups in total. The largest absolute Gasteiger partial charge is 0.419 e. The van der Waals surface area contributed by atoms with Gasteiger partial charge in [-0.1, -0.05) is 18.2 Å². The summed E-state index contributed by atoms with van der Waals surface area (Å²) < 4.78 is 31.3.